The highest BCUT2D eigenvalue weighted by molar-refractivity contribution is 14.0. The maximum absolute atomic E-state index is 5.82. The Labute approximate surface area is 199 Å². The number of aliphatic imine (C=N–C) groups is 1. The van der Waals surface area contributed by atoms with Crippen molar-refractivity contribution in [1.29, 1.82) is 0 Å². The molecular formula is C22H40IN5O2. The fraction of sp³-hybridized carbons (Fsp3) is 0.727. The molecule has 0 radical (unpaired) electrons. The molecule has 0 aromatic carbocycles. The van der Waals surface area contributed by atoms with E-state index in [9.17, 15) is 0 Å². The van der Waals surface area contributed by atoms with Gasteiger partial charge in [0.25, 0.3) is 0 Å². The Bertz CT molecular complexity index is 612. The minimum atomic E-state index is 0. The molecule has 172 valence electrons. The monoisotopic (exact) mass is 533 g/mol. The van der Waals surface area contributed by atoms with Crippen molar-refractivity contribution >= 4 is 35.8 Å². The third-order valence-electron chi connectivity index (χ3n) is 4.98. The smallest absolute Gasteiger partial charge is 0.191 e. The van der Waals surface area contributed by atoms with Gasteiger partial charge in [0.15, 0.2) is 5.96 Å². The highest BCUT2D eigenvalue weighted by Gasteiger charge is 2.17. The molecular weight excluding hydrogens is 493 g/mol. The summed E-state index contributed by atoms with van der Waals surface area (Å²) in [7, 11) is 0. The first kappa shape index (κ1) is 26.9. The van der Waals surface area contributed by atoms with Crippen LogP contribution in [-0.4, -0.2) is 62.5 Å². The molecule has 30 heavy (non-hydrogen) atoms. The molecule has 2 unspecified atom stereocenters. The van der Waals surface area contributed by atoms with E-state index >= 15 is 0 Å². The molecule has 2 N–H and O–H groups in total. The Kier molecular flexibility index (Phi) is 13.3. The first-order valence-corrected chi connectivity index (χ1v) is 11.0. The van der Waals surface area contributed by atoms with Crippen LogP contribution in [0.4, 0.5) is 5.82 Å². The number of pyridine rings is 1. The van der Waals surface area contributed by atoms with E-state index in [-0.39, 0.29) is 36.2 Å². The lowest BCUT2D eigenvalue weighted by atomic mass is 10.0. The average molecular weight is 533 g/mol. The lowest BCUT2D eigenvalue weighted by Crippen LogP contribution is -2.41. The van der Waals surface area contributed by atoms with Crippen molar-refractivity contribution in [1.82, 2.24) is 15.6 Å². The summed E-state index contributed by atoms with van der Waals surface area (Å²) >= 11 is 0. The van der Waals surface area contributed by atoms with E-state index in [2.05, 4.69) is 60.3 Å². The summed E-state index contributed by atoms with van der Waals surface area (Å²) in [6, 6.07) is 4.19. The summed E-state index contributed by atoms with van der Waals surface area (Å²) < 4.78 is 11.4. The number of nitrogens with zero attached hydrogens (tertiary/aromatic N) is 3. The lowest BCUT2D eigenvalue weighted by Gasteiger charge is -2.32. The fourth-order valence-electron chi connectivity index (χ4n) is 3.39. The molecule has 1 saturated heterocycles. The molecule has 1 aromatic heterocycles. The first-order chi connectivity index (χ1) is 14.0. The van der Waals surface area contributed by atoms with E-state index in [4.69, 9.17) is 14.5 Å². The van der Waals surface area contributed by atoms with Gasteiger partial charge in [-0.3, -0.25) is 0 Å². The van der Waals surface area contributed by atoms with Crippen molar-refractivity contribution in [3.63, 3.8) is 0 Å². The van der Waals surface area contributed by atoms with Gasteiger partial charge in [-0.15, -0.1) is 24.0 Å². The Morgan fingerprint density at radius 1 is 1.33 bits per heavy atom. The van der Waals surface area contributed by atoms with Crippen LogP contribution in [-0.2, 0) is 16.0 Å². The molecule has 1 fully saturated rings. The Hall–Kier alpha value is -1.13. The van der Waals surface area contributed by atoms with Gasteiger partial charge in [-0.1, -0.05) is 19.9 Å². The number of guanidine groups is 1. The van der Waals surface area contributed by atoms with Crippen LogP contribution in [0.25, 0.3) is 0 Å². The molecule has 0 bridgehead atoms. The molecule has 2 heterocycles. The Morgan fingerprint density at radius 2 is 2.13 bits per heavy atom. The number of halogens is 1. The number of rotatable bonds is 10. The zero-order chi connectivity index (χ0) is 21.1. The summed E-state index contributed by atoms with van der Waals surface area (Å²) in [5, 5.41) is 6.73. The first-order valence-electron chi connectivity index (χ1n) is 11.0. The summed E-state index contributed by atoms with van der Waals surface area (Å²) in [6.45, 7) is 16.2. The van der Waals surface area contributed by atoms with Crippen LogP contribution in [0.2, 0.25) is 0 Å². The summed E-state index contributed by atoms with van der Waals surface area (Å²) in [5.41, 5.74) is 1.10. The Morgan fingerprint density at radius 3 is 2.73 bits per heavy atom. The molecule has 2 rings (SSSR count). The maximum atomic E-state index is 5.82. The van der Waals surface area contributed by atoms with Gasteiger partial charge in [0.1, 0.15) is 5.82 Å². The number of nitrogens with one attached hydrogen (secondary N) is 2. The Balaban J connectivity index is 0.00000450. The third kappa shape index (κ3) is 9.34. The maximum Gasteiger partial charge on any atom is 0.191 e. The highest BCUT2D eigenvalue weighted by atomic mass is 127. The quantitative estimate of drug-likeness (QED) is 0.273. The molecule has 0 spiro atoms. The number of hydrogen-bond donors (Lipinski definition) is 2. The molecule has 0 saturated carbocycles. The number of anilines is 1. The van der Waals surface area contributed by atoms with E-state index in [1.165, 1.54) is 0 Å². The number of aromatic nitrogens is 1. The molecule has 8 heteroatoms. The van der Waals surface area contributed by atoms with Crippen molar-refractivity contribution < 1.29 is 9.47 Å². The molecule has 0 aliphatic carbocycles. The van der Waals surface area contributed by atoms with Crippen LogP contribution in [0.5, 0.6) is 0 Å². The molecule has 2 atom stereocenters. The minimum absolute atomic E-state index is 0. The standard InChI is InChI=1S/C22H39N5O2.HI/c1-6-23-22(24-11-10-20(17(3)4)28-7-2)26-15-19-8-9-21(25-14-19)27-12-13-29-18(5)16-27;/h8-9,14,17-18,20H,6-7,10-13,15-16H2,1-5H3,(H2,23,24,26);1H. The van der Waals surface area contributed by atoms with Gasteiger partial charge in [0, 0.05) is 39.0 Å². The van der Waals surface area contributed by atoms with Gasteiger partial charge >= 0.3 is 0 Å². The van der Waals surface area contributed by atoms with Crippen molar-refractivity contribution in [3.05, 3.63) is 23.9 Å². The summed E-state index contributed by atoms with van der Waals surface area (Å²) in [4.78, 5) is 11.6. The van der Waals surface area contributed by atoms with Gasteiger partial charge in [0.2, 0.25) is 0 Å². The van der Waals surface area contributed by atoms with Gasteiger partial charge in [-0.2, -0.15) is 0 Å². The summed E-state index contributed by atoms with van der Waals surface area (Å²) in [6.07, 6.45) is 3.41. The predicted octanol–water partition coefficient (Wildman–Crippen LogP) is 3.43. The van der Waals surface area contributed by atoms with Gasteiger partial charge in [-0.05, 0) is 44.7 Å². The van der Waals surface area contributed by atoms with Crippen molar-refractivity contribution in [3.8, 4) is 0 Å². The second kappa shape index (κ2) is 14.8. The van der Waals surface area contributed by atoms with Crippen molar-refractivity contribution in [2.75, 3.05) is 44.3 Å². The highest BCUT2D eigenvalue weighted by Crippen LogP contribution is 2.15. The fourth-order valence-corrected chi connectivity index (χ4v) is 3.39. The van der Waals surface area contributed by atoms with Crippen LogP contribution < -0.4 is 15.5 Å². The predicted molar refractivity (Wildman–Crippen MR) is 135 cm³/mol. The molecule has 7 nitrogen and oxygen atoms in total. The van der Waals surface area contributed by atoms with Crippen LogP contribution in [0, 0.1) is 5.92 Å². The zero-order valence-electron chi connectivity index (χ0n) is 19.2. The molecule has 1 aliphatic heterocycles. The SMILES string of the molecule is CCNC(=NCc1ccc(N2CCOC(C)C2)nc1)NCCC(OCC)C(C)C.I. The molecule has 1 aromatic rings. The topological polar surface area (TPSA) is 71.0 Å². The second-order valence-electron chi connectivity index (χ2n) is 7.80. The third-order valence-corrected chi connectivity index (χ3v) is 4.98. The summed E-state index contributed by atoms with van der Waals surface area (Å²) in [5.74, 6) is 2.35. The minimum Gasteiger partial charge on any atom is -0.378 e. The van der Waals surface area contributed by atoms with E-state index in [0.717, 1.165) is 63.2 Å². The van der Waals surface area contributed by atoms with Gasteiger partial charge in [-0.25, -0.2) is 9.98 Å². The second-order valence-corrected chi connectivity index (χ2v) is 7.80. The van der Waals surface area contributed by atoms with Gasteiger partial charge in [0.05, 0.1) is 25.4 Å². The lowest BCUT2D eigenvalue weighted by molar-refractivity contribution is 0.0258. The van der Waals surface area contributed by atoms with E-state index in [1.807, 2.05) is 13.1 Å². The normalized spacial score (nSPS) is 18.1. The van der Waals surface area contributed by atoms with Crippen molar-refractivity contribution in [2.24, 2.45) is 10.9 Å². The zero-order valence-corrected chi connectivity index (χ0v) is 21.5. The van der Waals surface area contributed by atoms with Gasteiger partial charge < -0.3 is 25.0 Å². The van der Waals surface area contributed by atoms with Crippen LogP contribution in [0.1, 0.15) is 46.6 Å². The largest absolute Gasteiger partial charge is 0.378 e. The van der Waals surface area contributed by atoms with Crippen LogP contribution in [0.3, 0.4) is 0 Å². The molecule has 0 amide bonds. The van der Waals surface area contributed by atoms with E-state index in [1.54, 1.807) is 0 Å². The van der Waals surface area contributed by atoms with Crippen LogP contribution in [0.15, 0.2) is 23.3 Å². The van der Waals surface area contributed by atoms with Crippen molar-refractivity contribution in [2.45, 2.75) is 59.8 Å². The van der Waals surface area contributed by atoms with E-state index < -0.39 is 0 Å². The number of ether oxygens (including phenoxy) is 2. The molecule has 1 aliphatic rings. The average Bonchev–Trinajstić information content (AvgIpc) is 2.71. The van der Waals surface area contributed by atoms with Crippen LogP contribution >= 0.6 is 24.0 Å². The van der Waals surface area contributed by atoms with E-state index in [0.29, 0.717) is 12.5 Å². The number of hydrogen-bond acceptors (Lipinski definition) is 5. The number of morpholine rings is 1.